The van der Waals surface area contributed by atoms with Crippen molar-refractivity contribution in [3.05, 3.63) is 88.4 Å². The lowest BCUT2D eigenvalue weighted by Crippen LogP contribution is -2.03. The van der Waals surface area contributed by atoms with E-state index in [0.29, 0.717) is 5.57 Å². The van der Waals surface area contributed by atoms with Crippen LogP contribution < -0.4 is 5.32 Å². The fourth-order valence-electron chi connectivity index (χ4n) is 3.83. The molecule has 0 spiro atoms. The maximum absolute atomic E-state index is 12.7. The Labute approximate surface area is 184 Å². The van der Waals surface area contributed by atoms with Crippen LogP contribution in [0.15, 0.2) is 72.1 Å². The van der Waals surface area contributed by atoms with Gasteiger partial charge in [0.25, 0.3) is 5.91 Å². The molecule has 0 fully saturated rings. The molecule has 3 heterocycles. The highest BCUT2D eigenvalue weighted by Crippen LogP contribution is 2.37. The van der Waals surface area contributed by atoms with Crippen molar-refractivity contribution in [1.82, 2.24) is 9.97 Å². The van der Waals surface area contributed by atoms with Crippen molar-refractivity contribution in [2.75, 3.05) is 5.32 Å². The summed E-state index contributed by atoms with van der Waals surface area (Å²) in [5, 5.41) is 7.15. The van der Waals surface area contributed by atoms with Crippen LogP contribution in [0.25, 0.3) is 39.4 Å². The third kappa shape index (κ3) is 3.53. The zero-order chi connectivity index (χ0) is 21.4. The van der Waals surface area contributed by atoms with Crippen LogP contribution in [0.2, 0.25) is 0 Å². The zero-order valence-corrected chi connectivity index (χ0v) is 18.1. The summed E-state index contributed by atoms with van der Waals surface area (Å²) in [5.41, 5.74) is 7.36. The molecule has 4 nitrogen and oxygen atoms in total. The maximum atomic E-state index is 12.7. The molecule has 2 aromatic heterocycles. The van der Waals surface area contributed by atoms with Crippen LogP contribution in [-0.4, -0.2) is 15.9 Å². The van der Waals surface area contributed by atoms with Gasteiger partial charge in [-0.05, 0) is 49.6 Å². The van der Waals surface area contributed by atoms with Gasteiger partial charge in [0.2, 0.25) is 0 Å². The molecule has 31 heavy (non-hydrogen) atoms. The maximum Gasteiger partial charge on any atom is 0.256 e. The Hall–Kier alpha value is -3.70. The molecule has 0 unspecified atom stereocenters. The van der Waals surface area contributed by atoms with Crippen molar-refractivity contribution < 1.29 is 4.79 Å². The number of amides is 1. The molecule has 0 saturated heterocycles. The number of benzene rings is 2. The van der Waals surface area contributed by atoms with E-state index in [-0.39, 0.29) is 5.91 Å². The summed E-state index contributed by atoms with van der Waals surface area (Å²) in [6.07, 6.45) is 8.07. The molecule has 152 valence electrons. The van der Waals surface area contributed by atoms with E-state index < -0.39 is 0 Å². The van der Waals surface area contributed by atoms with Gasteiger partial charge in [-0.15, -0.1) is 11.3 Å². The Bertz CT molecular complexity index is 1370. The molecular weight excluding hydrogens is 402 g/mol. The first-order chi connectivity index (χ1) is 15.2. The molecule has 5 rings (SSSR count). The van der Waals surface area contributed by atoms with Gasteiger partial charge in [0.05, 0.1) is 11.3 Å². The molecule has 0 atom stereocenters. The summed E-state index contributed by atoms with van der Waals surface area (Å²) in [6.45, 7) is 4.02. The average Bonchev–Trinajstić information content (AvgIpc) is 3.49. The number of rotatable bonds is 4. The number of aromatic nitrogens is 2. The Morgan fingerprint density at radius 3 is 2.77 bits per heavy atom. The number of nitrogens with one attached hydrogen (secondary N) is 2. The summed E-state index contributed by atoms with van der Waals surface area (Å²) in [7, 11) is 0. The third-order valence-electron chi connectivity index (χ3n) is 5.36. The molecule has 4 aromatic rings. The molecule has 0 radical (unpaired) electrons. The lowest BCUT2D eigenvalue weighted by Gasteiger charge is -2.02. The monoisotopic (exact) mass is 423 g/mol. The number of H-pyrrole nitrogens is 1. The predicted octanol–water partition coefficient (Wildman–Crippen LogP) is 6.76. The summed E-state index contributed by atoms with van der Waals surface area (Å²) >= 11 is 1.62. The third-order valence-corrected chi connectivity index (χ3v) is 6.25. The molecule has 1 aliphatic rings. The summed E-state index contributed by atoms with van der Waals surface area (Å²) < 4.78 is 0. The Morgan fingerprint density at radius 2 is 1.97 bits per heavy atom. The van der Waals surface area contributed by atoms with Gasteiger partial charge in [-0.3, -0.25) is 4.79 Å². The van der Waals surface area contributed by atoms with Gasteiger partial charge in [-0.25, -0.2) is 4.98 Å². The van der Waals surface area contributed by atoms with Crippen molar-refractivity contribution in [2.45, 2.75) is 13.8 Å². The van der Waals surface area contributed by atoms with Gasteiger partial charge in [0.1, 0.15) is 5.01 Å². The minimum Gasteiger partial charge on any atom is -0.355 e. The lowest BCUT2D eigenvalue weighted by molar-refractivity contribution is -0.110. The van der Waals surface area contributed by atoms with Gasteiger partial charge >= 0.3 is 0 Å². The van der Waals surface area contributed by atoms with Crippen molar-refractivity contribution in [3.63, 3.8) is 0 Å². The van der Waals surface area contributed by atoms with Gasteiger partial charge in [-0.2, -0.15) is 0 Å². The second-order valence-electron chi connectivity index (χ2n) is 7.37. The van der Waals surface area contributed by atoms with Crippen LogP contribution in [0.5, 0.6) is 0 Å². The molecule has 1 aliphatic heterocycles. The number of carbonyl (C=O) groups is 1. The highest BCUT2D eigenvalue weighted by atomic mass is 32.1. The molecule has 1 amide bonds. The molecular formula is C26H21N3OS. The van der Waals surface area contributed by atoms with Crippen molar-refractivity contribution >= 4 is 51.1 Å². The summed E-state index contributed by atoms with van der Waals surface area (Å²) in [4.78, 5) is 20.9. The smallest absolute Gasteiger partial charge is 0.256 e. The first-order valence-electron chi connectivity index (χ1n) is 10.2. The van der Waals surface area contributed by atoms with Gasteiger partial charge in [0.15, 0.2) is 0 Å². The average molecular weight is 424 g/mol. The predicted molar refractivity (Wildman–Crippen MR) is 131 cm³/mol. The van der Waals surface area contributed by atoms with E-state index >= 15 is 0 Å². The van der Waals surface area contributed by atoms with E-state index in [0.717, 1.165) is 49.7 Å². The van der Waals surface area contributed by atoms with Crippen LogP contribution in [0.3, 0.4) is 0 Å². The first kappa shape index (κ1) is 19.3. The number of nitrogens with zero attached hydrogens (tertiary/aromatic N) is 1. The van der Waals surface area contributed by atoms with Gasteiger partial charge in [-0.1, -0.05) is 42.5 Å². The molecule has 5 heteroatoms. The summed E-state index contributed by atoms with van der Waals surface area (Å²) in [6, 6.07) is 16.2. The van der Waals surface area contributed by atoms with Gasteiger partial charge in [0, 0.05) is 39.0 Å². The number of aromatic amines is 1. The number of hydrogen-bond donors (Lipinski definition) is 2. The highest BCUT2D eigenvalue weighted by molar-refractivity contribution is 7.11. The first-order valence-corrected chi connectivity index (χ1v) is 11.0. The second-order valence-corrected chi connectivity index (χ2v) is 8.22. The molecule has 0 bridgehead atoms. The number of allylic oxidation sites excluding steroid dienone is 4. The van der Waals surface area contributed by atoms with Crippen molar-refractivity contribution in [2.24, 2.45) is 0 Å². The van der Waals surface area contributed by atoms with Crippen LogP contribution in [0, 0.1) is 0 Å². The minimum absolute atomic E-state index is 0.0888. The number of para-hydroxylation sites is 1. The van der Waals surface area contributed by atoms with E-state index in [9.17, 15) is 4.79 Å². The topological polar surface area (TPSA) is 57.8 Å². The van der Waals surface area contributed by atoms with Crippen molar-refractivity contribution in [1.29, 1.82) is 0 Å². The fraction of sp³-hybridized carbons (Fsp3) is 0.0769. The zero-order valence-electron chi connectivity index (χ0n) is 17.3. The fourth-order valence-corrected chi connectivity index (χ4v) is 4.71. The Morgan fingerprint density at radius 1 is 1.10 bits per heavy atom. The van der Waals surface area contributed by atoms with E-state index in [1.54, 1.807) is 11.3 Å². The normalized spacial score (nSPS) is 15.2. The Kier molecular flexibility index (Phi) is 4.88. The van der Waals surface area contributed by atoms with Crippen LogP contribution >= 0.6 is 11.3 Å². The van der Waals surface area contributed by atoms with Crippen molar-refractivity contribution in [3.8, 4) is 11.3 Å². The second kappa shape index (κ2) is 7.85. The lowest BCUT2D eigenvalue weighted by atomic mass is 10.0. The highest BCUT2D eigenvalue weighted by Gasteiger charge is 2.25. The number of anilines is 1. The van der Waals surface area contributed by atoms with Crippen LogP contribution in [-0.2, 0) is 4.79 Å². The molecule has 0 aliphatic carbocycles. The van der Waals surface area contributed by atoms with E-state index in [4.69, 9.17) is 4.98 Å². The number of fused-ring (bicyclic) bond motifs is 2. The van der Waals surface area contributed by atoms with E-state index in [2.05, 4.69) is 40.0 Å². The van der Waals surface area contributed by atoms with Crippen LogP contribution in [0.1, 0.15) is 30.1 Å². The number of carbonyl (C=O) groups excluding carboxylic acids is 1. The molecule has 0 saturated carbocycles. The van der Waals surface area contributed by atoms with Crippen LogP contribution in [0.4, 0.5) is 5.69 Å². The quantitative estimate of drug-likeness (QED) is 0.281. The standard InChI is InChI=1S/C26H21N3OS/c1-3-7-16(4-2)26-29-24(15-31-26)18-10-11-23-20(13-18)21(25(30)28-23)14-19-12-17-8-5-6-9-22(17)27-19/h3-15,27H,1-2H3,(H,28,30)/b7-3-,16-4+,21-14-. The van der Waals surface area contributed by atoms with Gasteiger partial charge < -0.3 is 10.3 Å². The van der Waals surface area contributed by atoms with E-state index in [1.165, 1.54) is 0 Å². The number of thiazole rings is 1. The molecule has 2 N–H and O–H groups in total. The minimum atomic E-state index is -0.0888. The number of hydrogen-bond acceptors (Lipinski definition) is 3. The molecule has 2 aromatic carbocycles. The summed E-state index contributed by atoms with van der Waals surface area (Å²) in [5.74, 6) is -0.0888. The SMILES string of the molecule is C/C=C\C(=C/C)c1nc(-c2ccc3c(c2)/C(=C/c2cc4ccccc4[nH]2)C(=O)N3)cs1. The largest absolute Gasteiger partial charge is 0.355 e. The Balaban J connectivity index is 1.54. The van der Waals surface area contributed by atoms with E-state index in [1.807, 2.05) is 62.4 Å².